The summed E-state index contributed by atoms with van der Waals surface area (Å²) in [6.45, 7) is 3.75. The Bertz CT molecular complexity index is 601. The molecule has 0 aliphatic heterocycles. The van der Waals surface area contributed by atoms with Gasteiger partial charge in [0.2, 0.25) is 0 Å². The maximum absolute atomic E-state index is 11.9. The van der Waals surface area contributed by atoms with Crippen molar-refractivity contribution in [3.8, 4) is 0 Å². The smallest absolute Gasteiger partial charge is 0.415 e. The highest BCUT2D eigenvalue weighted by Crippen LogP contribution is 2.22. The van der Waals surface area contributed by atoms with Crippen molar-refractivity contribution in [3.05, 3.63) is 29.8 Å². The molecule has 0 aliphatic rings. The third-order valence-corrected chi connectivity index (χ3v) is 3.11. The van der Waals surface area contributed by atoms with E-state index in [1.54, 1.807) is 19.9 Å². The summed E-state index contributed by atoms with van der Waals surface area (Å²) in [6, 6.07) is 7.28. The number of hydrogen-bond acceptors (Lipinski definition) is 7. The first-order valence-corrected chi connectivity index (χ1v) is 7.22. The van der Waals surface area contributed by atoms with E-state index in [9.17, 15) is 4.79 Å². The number of carbonyl (C=O) groups is 1. The molecular weight excluding hydrogens is 314 g/mol. The molecule has 0 unspecified atom stereocenters. The van der Waals surface area contributed by atoms with Gasteiger partial charge in [-0.3, -0.25) is 4.90 Å². The molecule has 0 bridgehead atoms. The van der Waals surface area contributed by atoms with Crippen molar-refractivity contribution < 1.29 is 23.9 Å². The van der Waals surface area contributed by atoms with Gasteiger partial charge < -0.3 is 19.1 Å². The number of anilines is 1. The topological polar surface area (TPSA) is 82.0 Å². The molecule has 0 heterocycles. The predicted octanol–water partition coefficient (Wildman–Crippen LogP) is 2.78. The van der Waals surface area contributed by atoms with Gasteiger partial charge in [-0.05, 0) is 19.9 Å². The zero-order chi connectivity index (χ0) is 17.9. The average molecular weight is 337 g/mol. The Morgan fingerprint density at radius 2 is 1.75 bits per heavy atom. The van der Waals surface area contributed by atoms with Crippen LogP contribution >= 0.6 is 0 Å². The Balaban J connectivity index is 2.92. The third kappa shape index (κ3) is 5.54. The highest BCUT2D eigenvalue weighted by molar-refractivity contribution is 6.40. The zero-order valence-electron chi connectivity index (χ0n) is 14.6. The molecule has 0 aromatic heterocycles. The van der Waals surface area contributed by atoms with Gasteiger partial charge in [-0.25, -0.2) is 4.79 Å². The van der Waals surface area contributed by atoms with Crippen molar-refractivity contribution in [2.75, 3.05) is 33.0 Å². The maximum Gasteiger partial charge on any atom is 0.415 e. The number of oxime groups is 2. The highest BCUT2D eigenvalue weighted by atomic mass is 16.6. The van der Waals surface area contributed by atoms with Crippen LogP contribution in [-0.2, 0) is 25.8 Å². The Labute approximate surface area is 141 Å². The van der Waals surface area contributed by atoms with Crippen LogP contribution in [0.5, 0.6) is 0 Å². The Kier molecular flexibility index (Phi) is 8.28. The molecule has 1 amide bonds. The fraction of sp³-hybridized carbons (Fsp3) is 0.438. The Morgan fingerprint density at radius 3 is 2.38 bits per heavy atom. The number of para-hydroxylation sites is 1. The second-order valence-electron chi connectivity index (χ2n) is 4.75. The van der Waals surface area contributed by atoms with E-state index >= 15 is 0 Å². The Hall–Kier alpha value is -2.61. The number of carbonyl (C=O) groups excluding carboxylic acids is 1. The summed E-state index contributed by atoms with van der Waals surface area (Å²) < 4.78 is 9.85. The van der Waals surface area contributed by atoms with Gasteiger partial charge in [0.25, 0.3) is 0 Å². The summed E-state index contributed by atoms with van der Waals surface area (Å²) in [5, 5.41) is 7.76. The van der Waals surface area contributed by atoms with E-state index in [-0.39, 0.29) is 13.3 Å². The molecule has 0 saturated heterocycles. The molecule has 1 rings (SSSR count). The van der Waals surface area contributed by atoms with E-state index in [0.717, 1.165) is 5.56 Å². The van der Waals surface area contributed by atoms with Crippen LogP contribution in [0.4, 0.5) is 10.5 Å². The quantitative estimate of drug-likeness (QED) is 0.414. The first-order valence-electron chi connectivity index (χ1n) is 7.22. The number of ether oxygens (including phenoxy) is 2. The van der Waals surface area contributed by atoms with Gasteiger partial charge in [-0.15, -0.1) is 0 Å². The van der Waals surface area contributed by atoms with Gasteiger partial charge >= 0.3 is 6.09 Å². The van der Waals surface area contributed by atoms with Crippen molar-refractivity contribution in [2.45, 2.75) is 20.5 Å². The van der Waals surface area contributed by atoms with Crippen molar-refractivity contribution in [1.82, 2.24) is 0 Å². The summed E-state index contributed by atoms with van der Waals surface area (Å²) in [5.41, 5.74) is 2.59. The molecule has 0 fully saturated rings. The van der Waals surface area contributed by atoms with E-state index in [0.29, 0.717) is 17.1 Å². The average Bonchev–Trinajstić information content (AvgIpc) is 2.59. The molecule has 0 N–H and O–H groups in total. The van der Waals surface area contributed by atoms with Crippen LogP contribution in [0.1, 0.15) is 19.4 Å². The fourth-order valence-corrected chi connectivity index (χ4v) is 1.82. The van der Waals surface area contributed by atoms with Crippen LogP contribution < -0.4 is 4.90 Å². The number of rotatable bonds is 8. The largest absolute Gasteiger partial charge is 0.452 e. The molecular formula is C16H23N3O5. The van der Waals surface area contributed by atoms with E-state index in [1.807, 2.05) is 18.2 Å². The van der Waals surface area contributed by atoms with Gasteiger partial charge in [-0.1, -0.05) is 28.5 Å². The van der Waals surface area contributed by atoms with E-state index in [1.165, 1.54) is 26.2 Å². The van der Waals surface area contributed by atoms with E-state index < -0.39 is 6.09 Å². The predicted molar refractivity (Wildman–Crippen MR) is 91.2 cm³/mol. The van der Waals surface area contributed by atoms with Gasteiger partial charge in [0.1, 0.15) is 31.9 Å². The molecule has 8 heteroatoms. The molecule has 1 aromatic carbocycles. The molecule has 0 radical (unpaired) electrons. The third-order valence-electron chi connectivity index (χ3n) is 3.11. The van der Waals surface area contributed by atoms with Crippen LogP contribution in [0, 0.1) is 0 Å². The number of benzene rings is 1. The molecule has 0 saturated carbocycles. The number of nitrogens with zero attached hydrogens (tertiary/aromatic N) is 3. The minimum atomic E-state index is -0.521. The molecule has 24 heavy (non-hydrogen) atoms. The van der Waals surface area contributed by atoms with Crippen LogP contribution in [-0.4, -0.2) is 45.6 Å². The van der Waals surface area contributed by atoms with Crippen LogP contribution in [0.3, 0.4) is 0 Å². The Morgan fingerprint density at radius 1 is 1.08 bits per heavy atom. The minimum absolute atomic E-state index is 0.0611. The highest BCUT2D eigenvalue weighted by Gasteiger charge is 2.19. The number of amides is 1. The van der Waals surface area contributed by atoms with Crippen LogP contribution in [0.25, 0.3) is 0 Å². The van der Waals surface area contributed by atoms with Gasteiger partial charge in [0.15, 0.2) is 0 Å². The summed E-state index contributed by atoms with van der Waals surface area (Å²) in [6.07, 6.45) is -0.521. The van der Waals surface area contributed by atoms with Crippen molar-refractivity contribution in [3.63, 3.8) is 0 Å². The van der Waals surface area contributed by atoms with Gasteiger partial charge in [-0.2, -0.15) is 0 Å². The van der Waals surface area contributed by atoms with E-state index in [2.05, 4.69) is 15.1 Å². The molecule has 0 atom stereocenters. The van der Waals surface area contributed by atoms with E-state index in [4.69, 9.17) is 14.3 Å². The van der Waals surface area contributed by atoms with Crippen LogP contribution in [0.2, 0.25) is 0 Å². The lowest BCUT2D eigenvalue weighted by atomic mass is 10.2. The lowest BCUT2D eigenvalue weighted by Gasteiger charge is -2.22. The second kappa shape index (κ2) is 10.2. The second-order valence-corrected chi connectivity index (χ2v) is 4.75. The van der Waals surface area contributed by atoms with Crippen molar-refractivity contribution >= 4 is 23.2 Å². The molecule has 1 aromatic rings. The lowest BCUT2D eigenvalue weighted by Crippen LogP contribution is -2.33. The standard InChI is InChI=1S/C16H23N3O5/c1-12(17-23-5)13(2)18-24-10-14-8-6-7-9-15(14)19(11-21-3)16(20)22-4/h6-9H,10-11H2,1-5H3. The zero-order valence-corrected chi connectivity index (χ0v) is 14.6. The molecule has 0 aliphatic carbocycles. The van der Waals surface area contributed by atoms with Gasteiger partial charge in [0.05, 0.1) is 12.8 Å². The van der Waals surface area contributed by atoms with Gasteiger partial charge in [0, 0.05) is 12.7 Å². The number of methoxy groups -OCH3 is 2. The summed E-state index contributed by atoms with van der Waals surface area (Å²) in [5.74, 6) is 0. The maximum atomic E-state index is 11.9. The summed E-state index contributed by atoms with van der Waals surface area (Å²) >= 11 is 0. The first-order chi connectivity index (χ1) is 11.5. The SMILES string of the molecule is COCN(C(=O)OC)c1ccccc1CON=C(C)C(C)=NOC. The fourth-order valence-electron chi connectivity index (χ4n) is 1.82. The summed E-state index contributed by atoms with van der Waals surface area (Å²) in [4.78, 5) is 23.3. The normalized spacial score (nSPS) is 11.9. The lowest BCUT2D eigenvalue weighted by molar-refractivity contribution is 0.129. The minimum Gasteiger partial charge on any atom is -0.452 e. The monoisotopic (exact) mass is 337 g/mol. The first kappa shape index (κ1) is 19.4. The van der Waals surface area contributed by atoms with Crippen LogP contribution in [0.15, 0.2) is 34.6 Å². The molecule has 8 nitrogen and oxygen atoms in total. The van der Waals surface area contributed by atoms with Crippen molar-refractivity contribution in [1.29, 1.82) is 0 Å². The van der Waals surface area contributed by atoms with Crippen molar-refractivity contribution in [2.24, 2.45) is 10.3 Å². The number of hydrogen-bond donors (Lipinski definition) is 0. The molecule has 132 valence electrons. The summed E-state index contributed by atoms with van der Waals surface area (Å²) in [7, 11) is 4.28. The molecule has 0 spiro atoms.